The molecule has 21 heavy (non-hydrogen) atoms. The molecule has 1 heterocycles. The maximum atomic E-state index is 12.1. The Balaban J connectivity index is 1.59. The Bertz CT molecular complexity index is 642. The van der Waals surface area contributed by atoms with Crippen molar-refractivity contribution >= 4 is 21.8 Å². The van der Waals surface area contributed by atoms with E-state index < -0.39 is 0 Å². The van der Waals surface area contributed by atoms with Crippen LogP contribution in [0.2, 0.25) is 0 Å². The second-order valence-electron chi connectivity index (χ2n) is 5.29. The van der Waals surface area contributed by atoms with Gasteiger partial charge in [0.2, 0.25) is 5.91 Å². The number of benzene rings is 1. The summed E-state index contributed by atoms with van der Waals surface area (Å²) in [6.45, 7) is 0. The smallest absolute Gasteiger partial charge is 0.220 e. The second kappa shape index (κ2) is 6.39. The second-order valence-corrected chi connectivity index (χ2v) is 6.14. The van der Waals surface area contributed by atoms with Crippen LogP contribution in [0.4, 0.5) is 0 Å². The summed E-state index contributed by atoms with van der Waals surface area (Å²) in [6, 6.07) is 12.1. The van der Waals surface area contributed by atoms with Crippen LogP contribution in [0.25, 0.3) is 0 Å². The van der Waals surface area contributed by atoms with Gasteiger partial charge in [0.1, 0.15) is 0 Å². The molecule has 1 amide bonds. The van der Waals surface area contributed by atoms with E-state index in [2.05, 4.69) is 38.4 Å². The van der Waals surface area contributed by atoms with E-state index in [4.69, 9.17) is 0 Å². The predicted octanol–water partition coefficient (Wildman–Crippen LogP) is 3.58. The lowest BCUT2D eigenvalue weighted by atomic mass is 10.1. The van der Waals surface area contributed by atoms with Crippen LogP contribution in [0.15, 0.2) is 47.1 Å². The summed E-state index contributed by atoms with van der Waals surface area (Å²) in [7, 11) is 0. The Kier molecular flexibility index (Phi) is 4.34. The predicted molar refractivity (Wildman–Crippen MR) is 85.9 cm³/mol. The van der Waals surface area contributed by atoms with Crippen molar-refractivity contribution in [3.05, 3.63) is 63.9 Å². The largest absolute Gasteiger partial charge is 0.349 e. The van der Waals surface area contributed by atoms with Crippen LogP contribution in [0.5, 0.6) is 0 Å². The van der Waals surface area contributed by atoms with Gasteiger partial charge in [0.15, 0.2) is 0 Å². The molecular weight excluding hydrogens is 328 g/mol. The number of aryl methyl sites for hydroxylation is 1. The Morgan fingerprint density at radius 2 is 2.19 bits per heavy atom. The molecule has 1 aliphatic rings. The number of hydrogen-bond donors (Lipinski definition) is 1. The Hall–Kier alpha value is -1.68. The zero-order valence-corrected chi connectivity index (χ0v) is 13.3. The third-order valence-electron chi connectivity index (χ3n) is 3.88. The summed E-state index contributed by atoms with van der Waals surface area (Å²) in [5.41, 5.74) is 3.53. The molecule has 1 unspecified atom stereocenters. The number of nitrogens with zero attached hydrogens (tertiary/aromatic N) is 1. The number of carbonyl (C=O) groups is 1. The van der Waals surface area contributed by atoms with E-state index in [0.29, 0.717) is 12.8 Å². The number of pyridine rings is 1. The molecular formula is C17H17BrN2O. The van der Waals surface area contributed by atoms with Crippen molar-refractivity contribution in [2.75, 3.05) is 0 Å². The molecule has 1 N–H and O–H groups in total. The molecule has 1 aromatic carbocycles. The Morgan fingerprint density at radius 1 is 1.29 bits per heavy atom. The van der Waals surface area contributed by atoms with E-state index in [9.17, 15) is 4.79 Å². The molecule has 0 saturated heterocycles. The summed E-state index contributed by atoms with van der Waals surface area (Å²) in [5, 5.41) is 3.14. The van der Waals surface area contributed by atoms with Crippen molar-refractivity contribution in [3.8, 4) is 0 Å². The quantitative estimate of drug-likeness (QED) is 0.920. The first kappa shape index (κ1) is 14.3. The first-order valence-electron chi connectivity index (χ1n) is 7.20. The molecule has 108 valence electrons. The number of halogens is 1. The van der Waals surface area contributed by atoms with Crippen LogP contribution in [0, 0.1) is 0 Å². The van der Waals surface area contributed by atoms with Gasteiger partial charge in [0.05, 0.1) is 6.04 Å². The highest BCUT2D eigenvalue weighted by Crippen LogP contribution is 2.35. The van der Waals surface area contributed by atoms with Crippen LogP contribution in [-0.2, 0) is 17.6 Å². The highest BCUT2D eigenvalue weighted by atomic mass is 79.9. The van der Waals surface area contributed by atoms with Crippen LogP contribution in [-0.4, -0.2) is 10.9 Å². The molecule has 0 fully saturated rings. The third kappa shape index (κ3) is 3.32. The van der Waals surface area contributed by atoms with Crippen molar-refractivity contribution < 1.29 is 4.79 Å². The summed E-state index contributed by atoms with van der Waals surface area (Å²) in [5.74, 6) is 0.0958. The number of aromatic nitrogens is 1. The molecule has 1 atom stereocenters. The molecule has 0 radical (unpaired) electrons. The topological polar surface area (TPSA) is 42.0 Å². The van der Waals surface area contributed by atoms with Gasteiger partial charge in [-0.25, -0.2) is 0 Å². The minimum atomic E-state index is 0.0958. The maximum Gasteiger partial charge on any atom is 0.220 e. The SMILES string of the molecule is O=C(CCc1ccccn1)NC1CCc2c(Br)cccc21. The Morgan fingerprint density at radius 3 is 3.00 bits per heavy atom. The molecule has 0 saturated carbocycles. The molecule has 3 rings (SSSR count). The van der Waals surface area contributed by atoms with Crippen molar-refractivity contribution in [2.24, 2.45) is 0 Å². The van der Waals surface area contributed by atoms with Gasteiger partial charge < -0.3 is 5.32 Å². The van der Waals surface area contributed by atoms with E-state index >= 15 is 0 Å². The molecule has 3 nitrogen and oxygen atoms in total. The van der Waals surface area contributed by atoms with Gasteiger partial charge in [-0.15, -0.1) is 0 Å². The Labute approximate surface area is 132 Å². The van der Waals surface area contributed by atoms with E-state index in [1.807, 2.05) is 24.3 Å². The number of nitrogens with one attached hydrogen (secondary N) is 1. The first-order chi connectivity index (χ1) is 10.2. The summed E-state index contributed by atoms with van der Waals surface area (Å²) in [4.78, 5) is 16.4. The van der Waals surface area contributed by atoms with Crippen molar-refractivity contribution in [1.82, 2.24) is 10.3 Å². The number of carbonyl (C=O) groups excluding carboxylic acids is 1. The van der Waals surface area contributed by atoms with Gasteiger partial charge in [0, 0.05) is 22.8 Å². The normalized spacial score (nSPS) is 16.5. The van der Waals surface area contributed by atoms with Crippen molar-refractivity contribution in [2.45, 2.75) is 31.7 Å². The lowest BCUT2D eigenvalue weighted by Crippen LogP contribution is -2.27. The zero-order valence-electron chi connectivity index (χ0n) is 11.7. The number of fused-ring (bicyclic) bond motifs is 1. The van der Waals surface area contributed by atoms with E-state index in [1.54, 1.807) is 6.20 Å². The summed E-state index contributed by atoms with van der Waals surface area (Å²) in [6.07, 6.45) is 4.93. The van der Waals surface area contributed by atoms with Crippen molar-refractivity contribution in [1.29, 1.82) is 0 Å². The van der Waals surface area contributed by atoms with Gasteiger partial charge in [-0.05, 0) is 48.6 Å². The molecule has 0 bridgehead atoms. The third-order valence-corrected chi connectivity index (χ3v) is 4.63. The van der Waals surface area contributed by atoms with Crippen LogP contribution in [0.3, 0.4) is 0 Å². The first-order valence-corrected chi connectivity index (χ1v) is 8.00. The molecule has 1 aromatic heterocycles. The summed E-state index contributed by atoms with van der Waals surface area (Å²) >= 11 is 3.58. The standard InChI is InChI=1S/C17H17BrN2O/c18-15-6-3-5-14-13(15)8-9-16(14)20-17(21)10-7-12-4-1-2-11-19-12/h1-6,11,16H,7-10H2,(H,20,21). The highest BCUT2D eigenvalue weighted by Gasteiger charge is 2.25. The fraction of sp³-hybridized carbons (Fsp3) is 0.294. The molecule has 1 aliphatic carbocycles. The van der Waals surface area contributed by atoms with Crippen LogP contribution >= 0.6 is 15.9 Å². The number of hydrogen-bond acceptors (Lipinski definition) is 2. The van der Waals surface area contributed by atoms with Gasteiger partial charge in [-0.1, -0.05) is 34.1 Å². The van der Waals surface area contributed by atoms with E-state index in [0.717, 1.165) is 23.0 Å². The minimum Gasteiger partial charge on any atom is -0.349 e. The number of amides is 1. The fourth-order valence-electron chi connectivity index (χ4n) is 2.81. The fourth-order valence-corrected chi connectivity index (χ4v) is 3.39. The average Bonchev–Trinajstić information content (AvgIpc) is 2.91. The van der Waals surface area contributed by atoms with Gasteiger partial charge in [-0.2, -0.15) is 0 Å². The van der Waals surface area contributed by atoms with Crippen LogP contribution in [0.1, 0.15) is 35.7 Å². The zero-order chi connectivity index (χ0) is 14.7. The lowest BCUT2D eigenvalue weighted by Gasteiger charge is -2.14. The molecule has 2 aromatic rings. The van der Waals surface area contributed by atoms with E-state index in [1.165, 1.54) is 11.1 Å². The molecule has 0 spiro atoms. The van der Waals surface area contributed by atoms with Gasteiger partial charge in [-0.3, -0.25) is 9.78 Å². The highest BCUT2D eigenvalue weighted by molar-refractivity contribution is 9.10. The summed E-state index contributed by atoms with van der Waals surface area (Å²) < 4.78 is 1.14. The molecule has 0 aliphatic heterocycles. The van der Waals surface area contributed by atoms with Crippen LogP contribution < -0.4 is 5.32 Å². The maximum absolute atomic E-state index is 12.1. The van der Waals surface area contributed by atoms with Gasteiger partial charge in [0.25, 0.3) is 0 Å². The van der Waals surface area contributed by atoms with Crippen molar-refractivity contribution in [3.63, 3.8) is 0 Å². The monoisotopic (exact) mass is 344 g/mol. The lowest BCUT2D eigenvalue weighted by molar-refractivity contribution is -0.121. The van der Waals surface area contributed by atoms with E-state index in [-0.39, 0.29) is 11.9 Å². The molecule has 4 heteroatoms. The minimum absolute atomic E-state index is 0.0958. The average molecular weight is 345 g/mol. The van der Waals surface area contributed by atoms with Gasteiger partial charge >= 0.3 is 0 Å². The number of rotatable bonds is 4.